The number of hydrogen-bond acceptors (Lipinski definition) is 5. The van der Waals surface area contributed by atoms with Crippen LogP contribution in [0, 0.1) is 0 Å². The van der Waals surface area contributed by atoms with Gasteiger partial charge in [-0.25, -0.2) is 8.42 Å². The van der Waals surface area contributed by atoms with Gasteiger partial charge < -0.3 is 10.1 Å². The first-order valence-corrected chi connectivity index (χ1v) is 11.2. The SMILES string of the molecule is CNC(=O)c1cc(Oc2ccc(NS(=O)(=O)c3ccc(C(C)(C)C)cc3)cc2)ccn1. The number of carbonyl (C=O) groups excluding carboxylic acids is 1. The molecule has 0 aliphatic heterocycles. The molecule has 0 bridgehead atoms. The monoisotopic (exact) mass is 439 g/mol. The van der Waals surface area contributed by atoms with Gasteiger partial charge >= 0.3 is 0 Å². The largest absolute Gasteiger partial charge is 0.457 e. The molecule has 7 nitrogen and oxygen atoms in total. The Balaban J connectivity index is 1.71. The number of carbonyl (C=O) groups is 1. The van der Waals surface area contributed by atoms with Gasteiger partial charge in [0.2, 0.25) is 0 Å². The van der Waals surface area contributed by atoms with Crippen molar-refractivity contribution < 1.29 is 17.9 Å². The van der Waals surface area contributed by atoms with Gasteiger partial charge in [-0.1, -0.05) is 32.9 Å². The molecule has 0 unspecified atom stereocenters. The number of ether oxygens (including phenoxy) is 1. The van der Waals surface area contributed by atoms with Gasteiger partial charge in [-0.15, -0.1) is 0 Å². The Bertz CT molecular complexity index is 1170. The van der Waals surface area contributed by atoms with Gasteiger partial charge in [-0.2, -0.15) is 0 Å². The van der Waals surface area contributed by atoms with Gasteiger partial charge in [-0.05, 0) is 53.4 Å². The van der Waals surface area contributed by atoms with Crippen LogP contribution in [-0.4, -0.2) is 26.4 Å². The van der Waals surface area contributed by atoms with Crippen LogP contribution >= 0.6 is 0 Å². The van der Waals surface area contributed by atoms with Crippen LogP contribution in [0.3, 0.4) is 0 Å². The summed E-state index contributed by atoms with van der Waals surface area (Å²) >= 11 is 0. The van der Waals surface area contributed by atoms with E-state index in [-0.39, 0.29) is 21.9 Å². The zero-order valence-electron chi connectivity index (χ0n) is 17.8. The van der Waals surface area contributed by atoms with E-state index in [0.29, 0.717) is 17.2 Å². The number of aromatic nitrogens is 1. The summed E-state index contributed by atoms with van der Waals surface area (Å²) in [6.45, 7) is 6.22. The molecule has 31 heavy (non-hydrogen) atoms. The molecule has 0 aliphatic carbocycles. The van der Waals surface area contributed by atoms with Gasteiger partial charge in [0.25, 0.3) is 15.9 Å². The predicted molar refractivity (Wildman–Crippen MR) is 120 cm³/mol. The summed E-state index contributed by atoms with van der Waals surface area (Å²) in [4.78, 5) is 15.9. The van der Waals surface area contributed by atoms with E-state index < -0.39 is 10.0 Å². The van der Waals surface area contributed by atoms with E-state index in [1.807, 2.05) is 12.1 Å². The van der Waals surface area contributed by atoms with Crippen LogP contribution in [0.25, 0.3) is 0 Å². The van der Waals surface area contributed by atoms with E-state index in [1.165, 1.54) is 19.3 Å². The first-order chi connectivity index (χ1) is 14.6. The molecule has 3 rings (SSSR count). The second-order valence-electron chi connectivity index (χ2n) is 7.96. The lowest BCUT2D eigenvalue weighted by atomic mass is 9.87. The average Bonchev–Trinajstić information content (AvgIpc) is 2.74. The molecule has 8 heteroatoms. The van der Waals surface area contributed by atoms with Gasteiger partial charge in [0.15, 0.2) is 0 Å². The molecule has 0 spiro atoms. The summed E-state index contributed by atoms with van der Waals surface area (Å²) in [5.41, 5.74) is 1.65. The number of rotatable bonds is 6. The van der Waals surface area contributed by atoms with Crippen LogP contribution in [0.4, 0.5) is 5.69 Å². The Morgan fingerprint density at radius 1 is 0.935 bits per heavy atom. The van der Waals surface area contributed by atoms with E-state index in [4.69, 9.17) is 4.74 Å². The lowest BCUT2D eigenvalue weighted by Gasteiger charge is -2.19. The molecule has 162 valence electrons. The van der Waals surface area contributed by atoms with Crippen molar-refractivity contribution in [1.29, 1.82) is 0 Å². The van der Waals surface area contributed by atoms with Crippen molar-refractivity contribution >= 4 is 21.6 Å². The number of nitrogens with zero attached hydrogens (tertiary/aromatic N) is 1. The van der Waals surface area contributed by atoms with Crippen LogP contribution in [-0.2, 0) is 15.4 Å². The minimum atomic E-state index is -3.71. The highest BCUT2D eigenvalue weighted by Crippen LogP contribution is 2.26. The maximum absolute atomic E-state index is 12.7. The molecule has 1 amide bonds. The Morgan fingerprint density at radius 2 is 1.58 bits per heavy atom. The fourth-order valence-corrected chi connectivity index (χ4v) is 3.86. The molecule has 0 fully saturated rings. The van der Waals surface area contributed by atoms with E-state index >= 15 is 0 Å². The number of hydrogen-bond donors (Lipinski definition) is 2. The molecule has 2 aromatic carbocycles. The fraction of sp³-hybridized carbons (Fsp3) is 0.217. The second kappa shape index (κ2) is 8.77. The first-order valence-electron chi connectivity index (χ1n) is 9.68. The number of pyridine rings is 1. The Labute approximate surface area is 182 Å². The lowest BCUT2D eigenvalue weighted by molar-refractivity contribution is 0.0958. The summed E-state index contributed by atoms with van der Waals surface area (Å²) in [7, 11) is -2.18. The van der Waals surface area contributed by atoms with Gasteiger partial charge in [-0.3, -0.25) is 14.5 Å². The maximum atomic E-state index is 12.7. The van der Waals surface area contributed by atoms with Crippen LogP contribution in [0.2, 0.25) is 0 Å². The first kappa shape index (κ1) is 22.3. The molecule has 1 aromatic heterocycles. The molecule has 3 aromatic rings. The standard InChI is InChI=1S/C23H25N3O4S/c1-23(2,3)16-5-11-20(12-6-16)31(28,29)26-17-7-9-18(10-8-17)30-19-13-14-25-21(15-19)22(27)24-4/h5-15,26H,1-4H3,(H,24,27). The highest BCUT2D eigenvalue weighted by molar-refractivity contribution is 7.92. The van der Waals surface area contributed by atoms with E-state index in [0.717, 1.165) is 5.56 Å². The number of amides is 1. The molecule has 1 heterocycles. The predicted octanol–water partition coefficient (Wildman–Crippen LogP) is 4.33. The highest BCUT2D eigenvalue weighted by atomic mass is 32.2. The van der Waals surface area contributed by atoms with Crippen molar-refractivity contribution in [3.8, 4) is 11.5 Å². The molecule has 2 N–H and O–H groups in total. The molecule has 0 saturated carbocycles. The zero-order chi connectivity index (χ0) is 22.6. The third kappa shape index (κ3) is 5.61. The van der Waals surface area contributed by atoms with E-state index in [2.05, 4.69) is 35.8 Å². The van der Waals surface area contributed by atoms with Crippen molar-refractivity contribution in [1.82, 2.24) is 10.3 Å². The van der Waals surface area contributed by atoms with Gasteiger partial charge in [0, 0.05) is 25.0 Å². The second-order valence-corrected chi connectivity index (χ2v) is 9.64. The third-order valence-electron chi connectivity index (χ3n) is 4.56. The van der Waals surface area contributed by atoms with Gasteiger partial charge in [0.05, 0.1) is 4.90 Å². The maximum Gasteiger partial charge on any atom is 0.269 e. The van der Waals surface area contributed by atoms with Crippen molar-refractivity contribution in [3.05, 3.63) is 78.1 Å². The highest BCUT2D eigenvalue weighted by Gasteiger charge is 2.18. The van der Waals surface area contributed by atoms with Gasteiger partial charge in [0.1, 0.15) is 17.2 Å². The number of anilines is 1. The molecule has 0 aliphatic rings. The summed E-state index contributed by atoms with van der Waals surface area (Å²) < 4.78 is 33.7. The normalized spacial score (nSPS) is 11.6. The third-order valence-corrected chi connectivity index (χ3v) is 5.96. The van der Waals surface area contributed by atoms with E-state index in [9.17, 15) is 13.2 Å². The minimum absolute atomic E-state index is 0.0541. The van der Waals surface area contributed by atoms with Crippen molar-refractivity contribution in [3.63, 3.8) is 0 Å². The molecule has 0 saturated heterocycles. The molecular formula is C23H25N3O4S. The summed E-state index contributed by atoms with van der Waals surface area (Å²) in [5.74, 6) is 0.623. The lowest BCUT2D eigenvalue weighted by Crippen LogP contribution is -2.18. The molecular weight excluding hydrogens is 414 g/mol. The summed E-state index contributed by atoms with van der Waals surface area (Å²) in [6, 6.07) is 16.5. The minimum Gasteiger partial charge on any atom is -0.457 e. The Kier molecular flexibility index (Phi) is 6.31. The summed E-state index contributed by atoms with van der Waals surface area (Å²) in [6.07, 6.45) is 1.48. The number of benzene rings is 2. The Morgan fingerprint density at radius 3 is 2.16 bits per heavy atom. The quantitative estimate of drug-likeness (QED) is 0.596. The average molecular weight is 440 g/mol. The van der Waals surface area contributed by atoms with Crippen molar-refractivity contribution in [2.24, 2.45) is 0 Å². The van der Waals surface area contributed by atoms with Crippen molar-refractivity contribution in [2.45, 2.75) is 31.1 Å². The Hall–Kier alpha value is -3.39. The summed E-state index contributed by atoms with van der Waals surface area (Å²) in [5, 5.41) is 2.50. The smallest absolute Gasteiger partial charge is 0.269 e. The zero-order valence-corrected chi connectivity index (χ0v) is 18.7. The van der Waals surface area contributed by atoms with Crippen LogP contribution in [0.15, 0.2) is 71.8 Å². The molecule has 0 atom stereocenters. The fourth-order valence-electron chi connectivity index (χ4n) is 2.80. The van der Waals surface area contributed by atoms with Crippen LogP contribution < -0.4 is 14.8 Å². The number of sulfonamides is 1. The van der Waals surface area contributed by atoms with Crippen LogP contribution in [0.1, 0.15) is 36.8 Å². The van der Waals surface area contributed by atoms with Crippen molar-refractivity contribution in [2.75, 3.05) is 11.8 Å². The molecule has 0 radical (unpaired) electrons. The van der Waals surface area contributed by atoms with E-state index in [1.54, 1.807) is 42.5 Å². The number of nitrogens with one attached hydrogen (secondary N) is 2. The topological polar surface area (TPSA) is 97.4 Å². The van der Waals surface area contributed by atoms with Crippen LogP contribution in [0.5, 0.6) is 11.5 Å².